The Kier molecular flexibility index (Phi) is 8.15. The van der Waals surface area contributed by atoms with Crippen LogP contribution in [0.4, 0.5) is 4.79 Å². The summed E-state index contributed by atoms with van der Waals surface area (Å²) in [5.41, 5.74) is 5.06. The first-order valence-corrected chi connectivity index (χ1v) is 13.0. The summed E-state index contributed by atoms with van der Waals surface area (Å²) in [6.07, 6.45) is 6.91. The number of nitrogens with zero attached hydrogens (tertiary/aromatic N) is 1. The number of ether oxygens (including phenoxy) is 1. The molecule has 2 aliphatic rings. The second kappa shape index (κ2) is 10.5. The number of carbonyl (C=O) groups is 2. The van der Waals surface area contributed by atoms with Crippen molar-refractivity contribution in [3.8, 4) is 0 Å². The number of amides is 2. The first-order chi connectivity index (χ1) is 15.9. The molecule has 1 aromatic rings. The van der Waals surface area contributed by atoms with E-state index in [0.29, 0.717) is 12.5 Å². The maximum atomic E-state index is 13.0. The number of piperidine rings is 1. The normalized spacial score (nSPS) is 20.1. The Morgan fingerprint density at radius 2 is 1.71 bits per heavy atom. The molecular weight excluding hydrogens is 424 g/mol. The van der Waals surface area contributed by atoms with Crippen molar-refractivity contribution in [3.05, 3.63) is 46.5 Å². The monoisotopic (exact) mass is 468 g/mol. The minimum absolute atomic E-state index is 0.00341. The van der Waals surface area contributed by atoms with Gasteiger partial charge in [-0.05, 0) is 92.9 Å². The summed E-state index contributed by atoms with van der Waals surface area (Å²) in [5, 5.41) is 3.14. The summed E-state index contributed by atoms with van der Waals surface area (Å²) >= 11 is 0. The van der Waals surface area contributed by atoms with Crippen molar-refractivity contribution in [3.63, 3.8) is 0 Å². The number of nitrogens with one attached hydrogen (secondary N) is 1. The van der Waals surface area contributed by atoms with Crippen LogP contribution in [-0.2, 0) is 15.6 Å². The SMILES string of the molecule is CC=C(CCNC(=O)c1ccc2c(c1)C(C)(C)CCC2(C)C)C1CCN(C(=O)OC(C)C)CC1. The van der Waals surface area contributed by atoms with Crippen LogP contribution < -0.4 is 5.32 Å². The fraction of sp³-hybridized carbons (Fsp3) is 0.655. The smallest absolute Gasteiger partial charge is 0.410 e. The van der Waals surface area contributed by atoms with E-state index in [-0.39, 0.29) is 28.9 Å². The Morgan fingerprint density at radius 3 is 2.29 bits per heavy atom. The molecule has 0 saturated carbocycles. The molecule has 0 radical (unpaired) electrons. The van der Waals surface area contributed by atoms with Crippen LogP contribution in [0.2, 0.25) is 0 Å². The molecule has 1 N–H and O–H groups in total. The van der Waals surface area contributed by atoms with E-state index < -0.39 is 0 Å². The lowest BCUT2D eigenvalue weighted by molar-refractivity contribution is 0.0671. The van der Waals surface area contributed by atoms with E-state index in [9.17, 15) is 9.59 Å². The van der Waals surface area contributed by atoms with Gasteiger partial charge in [-0.25, -0.2) is 4.79 Å². The molecule has 2 amide bonds. The predicted molar refractivity (Wildman–Crippen MR) is 138 cm³/mol. The Bertz CT molecular complexity index is 921. The highest BCUT2D eigenvalue weighted by atomic mass is 16.6. The van der Waals surface area contributed by atoms with Crippen LogP contribution in [0, 0.1) is 5.92 Å². The van der Waals surface area contributed by atoms with E-state index in [0.717, 1.165) is 44.3 Å². The summed E-state index contributed by atoms with van der Waals surface area (Å²) in [7, 11) is 0. The first kappa shape index (κ1) is 26.3. The van der Waals surface area contributed by atoms with Gasteiger partial charge in [-0.3, -0.25) is 4.79 Å². The van der Waals surface area contributed by atoms with Crippen LogP contribution in [0.5, 0.6) is 0 Å². The van der Waals surface area contributed by atoms with Crippen LogP contribution in [0.3, 0.4) is 0 Å². The van der Waals surface area contributed by atoms with Gasteiger partial charge < -0.3 is 15.0 Å². The van der Waals surface area contributed by atoms with Crippen molar-refractivity contribution in [2.45, 2.75) is 97.5 Å². The molecule has 0 atom stereocenters. The summed E-state index contributed by atoms with van der Waals surface area (Å²) in [6, 6.07) is 6.27. The Labute approximate surface area is 206 Å². The average molecular weight is 469 g/mol. The molecule has 0 aromatic heterocycles. The van der Waals surface area contributed by atoms with Crippen LogP contribution in [0.15, 0.2) is 29.8 Å². The molecule has 1 aliphatic carbocycles. The summed E-state index contributed by atoms with van der Waals surface area (Å²) < 4.78 is 5.33. The lowest BCUT2D eigenvalue weighted by atomic mass is 9.63. The van der Waals surface area contributed by atoms with Gasteiger partial charge in [-0.15, -0.1) is 0 Å². The second-order valence-electron chi connectivity index (χ2n) is 11.6. The fourth-order valence-electron chi connectivity index (χ4n) is 5.45. The fourth-order valence-corrected chi connectivity index (χ4v) is 5.45. The zero-order valence-electron chi connectivity index (χ0n) is 22.3. The van der Waals surface area contributed by atoms with Crippen LogP contribution >= 0.6 is 0 Å². The number of hydrogen-bond donors (Lipinski definition) is 1. The zero-order chi connectivity index (χ0) is 25.1. The lowest BCUT2D eigenvalue weighted by Crippen LogP contribution is -2.40. The standard InChI is InChI=1S/C29H44N2O3/c1-8-21(22-12-17-31(18-13-22)27(33)34-20(2)3)11-16-30-26(32)23-9-10-24-25(19-23)29(6,7)15-14-28(24,4)5/h8-10,19-20,22H,11-18H2,1-7H3,(H,30,32). The third kappa shape index (κ3) is 6.03. The molecule has 0 spiro atoms. The highest BCUT2D eigenvalue weighted by Crippen LogP contribution is 2.45. The average Bonchev–Trinajstić information content (AvgIpc) is 2.79. The summed E-state index contributed by atoms with van der Waals surface area (Å²) in [4.78, 5) is 26.9. The van der Waals surface area contributed by atoms with Crippen molar-refractivity contribution < 1.29 is 14.3 Å². The van der Waals surface area contributed by atoms with Gasteiger partial charge in [0.05, 0.1) is 6.10 Å². The van der Waals surface area contributed by atoms with Crippen molar-refractivity contribution in [1.82, 2.24) is 10.2 Å². The molecule has 1 aromatic carbocycles. The third-order valence-electron chi connectivity index (χ3n) is 7.80. The molecule has 0 unspecified atom stereocenters. The van der Waals surface area contributed by atoms with E-state index in [4.69, 9.17) is 4.74 Å². The van der Waals surface area contributed by atoms with Gasteiger partial charge in [0.25, 0.3) is 5.91 Å². The number of benzene rings is 1. The lowest BCUT2D eigenvalue weighted by Gasteiger charge is -2.42. The van der Waals surface area contributed by atoms with Gasteiger partial charge in [-0.2, -0.15) is 0 Å². The first-order valence-electron chi connectivity index (χ1n) is 13.0. The van der Waals surface area contributed by atoms with E-state index in [1.807, 2.05) is 24.8 Å². The molecule has 1 fully saturated rings. The molecule has 1 heterocycles. The Morgan fingerprint density at radius 1 is 1.09 bits per heavy atom. The molecular formula is C29H44N2O3. The number of hydrogen-bond acceptors (Lipinski definition) is 3. The van der Waals surface area contributed by atoms with E-state index in [1.165, 1.54) is 23.1 Å². The number of allylic oxidation sites excluding steroid dienone is 1. The number of fused-ring (bicyclic) bond motifs is 1. The van der Waals surface area contributed by atoms with Crippen LogP contribution in [-0.4, -0.2) is 42.6 Å². The van der Waals surface area contributed by atoms with E-state index in [2.05, 4.69) is 58.1 Å². The maximum absolute atomic E-state index is 13.0. The van der Waals surface area contributed by atoms with E-state index >= 15 is 0 Å². The molecule has 34 heavy (non-hydrogen) atoms. The van der Waals surface area contributed by atoms with Gasteiger partial charge in [-0.1, -0.05) is 45.4 Å². The van der Waals surface area contributed by atoms with E-state index in [1.54, 1.807) is 0 Å². The van der Waals surface area contributed by atoms with Gasteiger partial charge in [0.1, 0.15) is 0 Å². The number of carbonyl (C=O) groups excluding carboxylic acids is 2. The minimum atomic E-state index is -0.209. The molecule has 1 saturated heterocycles. The molecule has 0 bridgehead atoms. The molecule has 188 valence electrons. The Balaban J connectivity index is 1.54. The quantitative estimate of drug-likeness (QED) is 0.494. The number of likely N-dealkylation sites (tertiary alicyclic amines) is 1. The highest BCUT2D eigenvalue weighted by molar-refractivity contribution is 5.94. The second-order valence-corrected chi connectivity index (χ2v) is 11.6. The van der Waals surface area contributed by atoms with Gasteiger partial charge >= 0.3 is 6.09 Å². The summed E-state index contributed by atoms with van der Waals surface area (Å²) in [6.45, 7) is 17.1. The van der Waals surface area contributed by atoms with Gasteiger partial charge in [0.15, 0.2) is 0 Å². The third-order valence-corrected chi connectivity index (χ3v) is 7.80. The highest BCUT2D eigenvalue weighted by Gasteiger charge is 2.37. The molecule has 5 nitrogen and oxygen atoms in total. The van der Waals surface area contributed by atoms with Crippen LogP contribution in [0.1, 0.15) is 102 Å². The van der Waals surface area contributed by atoms with Crippen LogP contribution in [0.25, 0.3) is 0 Å². The van der Waals surface area contributed by atoms with Crippen molar-refractivity contribution in [2.24, 2.45) is 5.92 Å². The van der Waals surface area contributed by atoms with Gasteiger partial charge in [0, 0.05) is 25.2 Å². The molecule has 3 rings (SSSR count). The molecule has 1 aliphatic heterocycles. The van der Waals surface area contributed by atoms with Crippen molar-refractivity contribution >= 4 is 12.0 Å². The molecule has 5 heteroatoms. The topological polar surface area (TPSA) is 58.6 Å². The minimum Gasteiger partial charge on any atom is -0.447 e. The zero-order valence-corrected chi connectivity index (χ0v) is 22.3. The maximum Gasteiger partial charge on any atom is 0.410 e. The van der Waals surface area contributed by atoms with Gasteiger partial charge in [0.2, 0.25) is 0 Å². The summed E-state index contributed by atoms with van der Waals surface area (Å²) in [5.74, 6) is 0.459. The Hall–Kier alpha value is -2.30. The largest absolute Gasteiger partial charge is 0.447 e. The predicted octanol–water partition coefficient (Wildman–Crippen LogP) is 6.36. The van der Waals surface area contributed by atoms with Crippen molar-refractivity contribution in [2.75, 3.05) is 19.6 Å². The van der Waals surface area contributed by atoms with Crippen molar-refractivity contribution in [1.29, 1.82) is 0 Å². The number of rotatable bonds is 6.